The highest BCUT2D eigenvalue weighted by atomic mass is 16.5. The summed E-state index contributed by atoms with van der Waals surface area (Å²) in [5, 5.41) is 6.46. The smallest absolute Gasteiger partial charge is 0.244 e. The maximum absolute atomic E-state index is 6.07. The molecule has 8 heteroatoms. The standard InChI is InChI=1S/C19H29N7O/c1-13(2)21-17-16(20)18(27-4)24-19(23-17)22-14-5-7-15(8-6-14)26-11-9-25(3)10-12-26/h5-8,13H,9-12,20H2,1-4H3,(H2,21,22,23,24). The topological polar surface area (TPSA) is 91.6 Å². The van der Waals surface area contributed by atoms with E-state index < -0.39 is 0 Å². The highest BCUT2D eigenvalue weighted by Crippen LogP contribution is 2.29. The van der Waals surface area contributed by atoms with Gasteiger partial charge in [-0.2, -0.15) is 9.97 Å². The number of benzene rings is 1. The van der Waals surface area contributed by atoms with E-state index in [0.29, 0.717) is 23.3 Å². The van der Waals surface area contributed by atoms with E-state index in [-0.39, 0.29) is 6.04 Å². The van der Waals surface area contributed by atoms with Crippen LogP contribution in [0.2, 0.25) is 0 Å². The second-order valence-corrected chi connectivity index (χ2v) is 7.08. The number of nitrogens with two attached hydrogens (primary N) is 1. The number of nitrogen functional groups attached to an aromatic ring is 1. The van der Waals surface area contributed by atoms with Crippen molar-refractivity contribution in [3.05, 3.63) is 24.3 Å². The Labute approximate surface area is 160 Å². The Morgan fingerprint density at radius 2 is 1.74 bits per heavy atom. The quantitative estimate of drug-likeness (QED) is 0.713. The lowest BCUT2D eigenvalue weighted by atomic mass is 10.2. The molecule has 0 bridgehead atoms. The molecule has 146 valence electrons. The molecule has 8 nitrogen and oxygen atoms in total. The van der Waals surface area contributed by atoms with Crippen LogP contribution in [0.15, 0.2) is 24.3 Å². The number of anilines is 5. The summed E-state index contributed by atoms with van der Waals surface area (Å²) < 4.78 is 5.29. The van der Waals surface area contributed by atoms with Gasteiger partial charge in [-0.25, -0.2) is 0 Å². The van der Waals surface area contributed by atoms with Crippen LogP contribution < -0.4 is 26.0 Å². The Kier molecular flexibility index (Phi) is 5.85. The van der Waals surface area contributed by atoms with Crippen LogP contribution in [-0.4, -0.2) is 61.2 Å². The van der Waals surface area contributed by atoms with E-state index in [1.807, 2.05) is 26.0 Å². The average Bonchev–Trinajstić information content (AvgIpc) is 2.65. The molecular formula is C19H29N7O. The van der Waals surface area contributed by atoms with Gasteiger partial charge in [0.15, 0.2) is 5.82 Å². The molecular weight excluding hydrogens is 342 g/mol. The van der Waals surface area contributed by atoms with Crippen LogP contribution in [0.3, 0.4) is 0 Å². The Balaban J connectivity index is 1.74. The van der Waals surface area contributed by atoms with E-state index in [4.69, 9.17) is 10.5 Å². The zero-order chi connectivity index (χ0) is 19.4. The van der Waals surface area contributed by atoms with Crippen molar-refractivity contribution in [3.8, 4) is 5.88 Å². The first-order valence-corrected chi connectivity index (χ1v) is 9.25. The summed E-state index contributed by atoms with van der Waals surface area (Å²) in [4.78, 5) is 13.6. The summed E-state index contributed by atoms with van der Waals surface area (Å²) in [5.41, 5.74) is 8.61. The average molecular weight is 371 g/mol. The molecule has 3 rings (SSSR count). The minimum absolute atomic E-state index is 0.197. The molecule has 1 aromatic carbocycles. The van der Waals surface area contributed by atoms with Gasteiger partial charge < -0.3 is 30.9 Å². The van der Waals surface area contributed by atoms with Crippen molar-refractivity contribution in [3.63, 3.8) is 0 Å². The molecule has 0 aliphatic carbocycles. The Bertz CT molecular complexity index is 755. The predicted molar refractivity (Wildman–Crippen MR) is 111 cm³/mol. The molecule has 0 atom stereocenters. The zero-order valence-corrected chi connectivity index (χ0v) is 16.5. The molecule has 0 spiro atoms. The highest BCUT2D eigenvalue weighted by molar-refractivity contribution is 5.70. The summed E-state index contributed by atoms with van der Waals surface area (Å²) in [6, 6.07) is 8.51. The third-order valence-corrected chi connectivity index (χ3v) is 4.52. The molecule has 0 radical (unpaired) electrons. The molecule has 1 fully saturated rings. The van der Waals surface area contributed by atoms with Gasteiger partial charge in [0.25, 0.3) is 0 Å². The number of rotatable bonds is 6. The fourth-order valence-electron chi connectivity index (χ4n) is 2.99. The molecule has 27 heavy (non-hydrogen) atoms. The molecule has 0 amide bonds. The van der Waals surface area contributed by atoms with Gasteiger partial charge in [-0.3, -0.25) is 0 Å². The number of piperazine rings is 1. The SMILES string of the molecule is COc1nc(Nc2ccc(N3CCN(C)CC3)cc2)nc(NC(C)C)c1N. The fourth-order valence-corrected chi connectivity index (χ4v) is 2.99. The van der Waals surface area contributed by atoms with Crippen molar-refractivity contribution < 1.29 is 4.74 Å². The Morgan fingerprint density at radius 1 is 1.07 bits per heavy atom. The lowest BCUT2D eigenvalue weighted by Crippen LogP contribution is -2.44. The van der Waals surface area contributed by atoms with Crippen molar-refractivity contribution in [2.75, 3.05) is 61.6 Å². The first-order valence-electron chi connectivity index (χ1n) is 9.25. The molecule has 0 unspecified atom stereocenters. The highest BCUT2D eigenvalue weighted by Gasteiger charge is 2.15. The zero-order valence-electron chi connectivity index (χ0n) is 16.5. The maximum atomic E-state index is 6.07. The summed E-state index contributed by atoms with van der Waals surface area (Å²) in [7, 11) is 3.71. The van der Waals surface area contributed by atoms with Crippen LogP contribution in [0, 0.1) is 0 Å². The first kappa shape index (κ1) is 19.0. The van der Waals surface area contributed by atoms with Gasteiger partial charge in [-0.1, -0.05) is 0 Å². The molecule has 2 heterocycles. The third-order valence-electron chi connectivity index (χ3n) is 4.52. The molecule has 2 aromatic rings. The fraction of sp³-hybridized carbons (Fsp3) is 0.474. The van der Waals surface area contributed by atoms with E-state index in [9.17, 15) is 0 Å². The summed E-state index contributed by atoms with van der Waals surface area (Å²) in [5.74, 6) is 1.36. The summed E-state index contributed by atoms with van der Waals surface area (Å²) in [6.45, 7) is 8.32. The number of nitrogens with zero attached hydrogens (tertiary/aromatic N) is 4. The minimum atomic E-state index is 0.197. The number of ether oxygens (including phenoxy) is 1. The lowest BCUT2D eigenvalue weighted by molar-refractivity contribution is 0.313. The van der Waals surface area contributed by atoms with E-state index in [1.165, 1.54) is 5.69 Å². The van der Waals surface area contributed by atoms with Gasteiger partial charge >= 0.3 is 0 Å². The van der Waals surface area contributed by atoms with E-state index in [0.717, 1.165) is 31.9 Å². The van der Waals surface area contributed by atoms with Crippen LogP contribution in [0.1, 0.15) is 13.8 Å². The second kappa shape index (κ2) is 8.30. The van der Waals surface area contributed by atoms with Crippen molar-refractivity contribution in [2.45, 2.75) is 19.9 Å². The maximum Gasteiger partial charge on any atom is 0.244 e. The van der Waals surface area contributed by atoms with Crippen LogP contribution in [-0.2, 0) is 0 Å². The van der Waals surface area contributed by atoms with Crippen LogP contribution in [0.4, 0.5) is 28.8 Å². The number of aromatic nitrogens is 2. The minimum Gasteiger partial charge on any atom is -0.479 e. The molecule has 1 aliphatic heterocycles. The Morgan fingerprint density at radius 3 is 2.33 bits per heavy atom. The molecule has 1 aromatic heterocycles. The predicted octanol–water partition coefficient (Wildman–Crippen LogP) is 2.38. The van der Waals surface area contributed by atoms with Crippen molar-refractivity contribution in [1.82, 2.24) is 14.9 Å². The third kappa shape index (κ3) is 4.71. The lowest BCUT2D eigenvalue weighted by Gasteiger charge is -2.34. The van der Waals surface area contributed by atoms with Gasteiger partial charge in [-0.15, -0.1) is 0 Å². The van der Waals surface area contributed by atoms with E-state index in [2.05, 4.69) is 49.6 Å². The summed E-state index contributed by atoms with van der Waals surface area (Å²) in [6.07, 6.45) is 0. The normalized spacial score (nSPS) is 15.1. The van der Waals surface area contributed by atoms with Gasteiger partial charge in [0, 0.05) is 43.6 Å². The van der Waals surface area contributed by atoms with Crippen LogP contribution in [0.5, 0.6) is 5.88 Å². The van der Waals surface area contributed by atoms with Gasteiger partial charge in [0.05, 0.1) is 7.11 Å². The van der Waals surface area contributed by atoms with Crippen molar-refractivity contribution >= 4 is 28.8 Å². The van der Waals surface area contributed by atoms with Crippen LogP contribution >= 0.6 is 0 Å². The molecule has 0 saturated carbocycles. The second-order valence-electron chi connectivity index (χ2n) is 7.08. The molecule has 4 N–H and O–H groups in total. The summed E-state index contributed by atoms with van der Waals surface area (Å²) >= 11 is 0. The van der Waals surface area contributed by atoms with E-state index in [1.54, 1.807) is 7.11 Å². The van der Waals surface area contributed by atoms with Gasteiger partial charge in [-0.05, 0) is 45.2 Å². The van der Waals surface area contributed by atoms with Crippen molar-refractivity contribution in [1.29, 1.82) is 0 Å². The number of nitrogens with one attached hydrogen (secondary N) is 2. The van der Waals surface area contributed by atoms with Gasteiger partial charge in [0.2, 0.25) is 11.8 Å². The Hall–Kier alpha value is -2.74. The van der Waals surface area contributed by atoms with Gasteiger partial charge in [0.1, 0.15) is 5.69 Å². The number of likely N-dealkylation sites (N-methyl/N-ethyl adjacent to an activating group) is 1. The molecule has 1 saturated heterocycles. The monoisotopic (exact) mass is 371 g/mol. The van der Waals surface area contributed by atoms with E-state index >= 15 is 0 Å². The number of hydrogen-bond donors (Lipinski definition) is 3. The first-order chi connectivity index (χ1) is 13.0. The number of hydrogen-bond acceptors (Lipinski definition) is 8. The van der Waals surface area contributed by atoms with Crippen molar-refractivity contribution in [2.24, 2.45) is 0 Å². The largest absolute Gasteiger partial charge is 0.479 e. The number of methoxy groups -OCH3 is 1. The van der Waals surface area contributed by atoms with Crippen LogP contribution in [0.25, 0.3) is 0 Å². The molecule has 1 aliphatic rings.